The molecule has 1 aliphatic heterocycles. The lowest BCUT2D eigenvalue weighted by Crippen LogP contribution is -2.44. The zero-order valence-corrected chi connectivity index (χ0v) is 14.2. The Bertz CT molecular complexity index is 656. The van der Waals surface area contributed by atoms with Crippen molar-refractivity contribution < 1.29 is 9.53 Å². The van der Waals surface area contributed by atoms with Crippen LogP contribution < -0.4 is 5.32 Å². The van der Waals surface area contributed by atoms with E-state index in [1.807, 2.05) is 24.3 Å². The van der Waals surface area contributed by atoms with Gasteiger partial charge in [-0.3, -0.25) is 14.4 Å². The molecule has 1 atom stereocenters. The largest absolute Gasteiger partial charge is 0.379 e. The maximum absolute atomic E-state index is 12.2. The molecule has 0 radical (unpaired) electrons. The van der Waals surface area contributed by atoms with Crippen molar-refractivity contribution in [3.8, 4) is 0 Å². The predicted molar refractivity (Wildman–Crippen MR) is 91.8 cm³/mol. The third kappa shape index (κ3) is 4.35. The minimum Gasteiger partial charge on any atom is -0.379 e. The van der Waals surface area contributed by atoms with Gasteiger partial charge in [-0.25, -0.2) is 0 Å². The topological polar surface area (TPSA) is 59.4 Å². The highest BCUT2D eigenvalue weighted by molar-refractivity contribution is 6.31. The van der Waals surface area contributed by atoms with E-state index in [0.717, 1.165) is 23.7 Å². The fourth-order valence-corrected chi connectivity index (χ4v) is 3.14. The molecule has 6 nitrogen and oxygen atoms in total. The van der Waals surface area contributed by atoms with Crippen LogP contribution in [0.2, 0.25) is 5.02 Å². The zero-order chi connectivity index (χ0) is 16.8. The number of carbonyl (C=O) groups excluding carboxylic acids is 1. The zero-order valence-electron chi connectivity index (χ0n) is 13.4. The lowest BCUT2D eigenvalue weighted by Gasteiger charge is -2.35. The quantitative estimate of drug-likeness (QED) is 0.863. The van der Waals surface area contributed by atoms with Crippen LogP contribution in [0.15, 0.2) is 42.7 Å². The van der Waals surface area contributed by atoms with E-state index in [4.69, 9.17) is 16.3 Å². The summed E-state index contributed by atoms with van der Waals surface area (Å²) >= 11 is 6.38. The number of amides is 1. The minimum atomic E-state index is -0.0657. The number of carbonyl (C=O) groups is 1. The Morgan fingerprint density at radius 3 is 2.79 bits per heavy atom. The highest BCUT2D eigenvalue weighted by Gasteiger charge is 2.24. The number of nitrogens with one attached hydrogen (secondary N) is 1. The van der Waals surface area contributed by atoms with E-state index in [-0.39, 0.29) is 18.5 Å². The van der Waals surface area contributed by atoms with Crippen LogP contribution in [0.25, 0.3) is 0 Å². The molecule has 1 aliphatic rings. The second-order valence-electron chi connectivity index (χ2n) is 5.69. The van der Waals surface area contributed by atoms with E-state index < -0.39 is 0 Å². The first kappa shape index (κ1) is 17.0. The van der Waals surface area contributed by atoms with Gasteiger partial charge in [0.25, 0.3) is 0 Å². The first-order valence-electron chi connectivity index (χ1n) is 8.04. The molecule has 24 heavy (non-hydrogen) atoms. The molecular formula is C17H21ClN4O2. The minimum absolute atomic E-state index is 0.0316. The molecule has 1 N–H and O–H groups in total. The number of nitrogens with zero attached hydrogens (tertiary/aromatic N) is 3. The van der Waals surface area contributed by atoms with Gasteiger partial charge in [0.05, 0.1) is 19.3 Å². The summed E-state index contributed by atoms with van der Waals surface area (Å²) in [7, 11) is 0. The van der Waals surface area contributed by atoms with Gasteiger partial charge in [0, 0.05) is 37.1 Å². The molecule has 0 saturated carbocycles. The van der Waals surface area contributed by atoms with Crippen LogP contribution in [-0.4, -0.2) is 53.4 Å². The van der Waals surface area contributed by atoms with Crippen molar-refractivity contribution in [1.29, 1.82) is 0 Å². The molecule has 0 bridgehead atoms. The molecule has 0 aliphatic carbocycles. The first-order valence-corrected chi connectivity index (χ1v) is 8.42. The molecule has 1 aromatic carbocycles. The van der Waals surface area contributed by atoms with E-state index in [1.165, 1.54) is 0 Å². The molecule has 2 heterocycles. The Hall–Kier alpha value is -1.89. The number of hydrogen-bond donors (Lipinski definition) is 1. The average Bonchev–Trinajstić information content (AvgIpc) is 3.10. The molecule has 128 valence electrons. The number of ether oxygens (including phenoxy) is 1. The van der Waals surface area contributed by atoms with Crippen LogP contribution in [-0.2, 0) is 16.1 Å². The Balaban J connectivity index is 1.67. The summed E-state index contributed by atoms with van der Waals surface area (Å²) in [6, 6.07) is 9.62. The molecule has 3 rings (SSSR count). The molecule has 0 spiro atoms. The molecule has 1 saturated heterocycles. The second-order valence-corrected chi connectivity index (χ2v) is 6.10. The predicted octanol–water partition coefficient (Wildman–Crippen LogP) is 1.73. The van der Waals surface area contributed by atoms with E-state index in [2.05, 4.69) is 15.3 Å². The summed E-state index contributed by atoms with van der Waals surface area (Å²) in [5, 5.41) is 7.77. The SMILES string of the molecule is O=C(Cn1cccn1)NC[C@@H](c1ccccc1Cl)N1CCOCC1. The van der Waals surface area contributed by atoms with Gasteiger partial charge < -0.3 is 10.1 Å². The number of aromatic nitrogens is 2. The van der Waals surface area contributed by atoms with Gasteiger partial charge in [0.15, 0.2) is 0 Å². The van der Waals surface area contributed by atoms with Crippen molar-refractivity contribution in [2.45, 2.75) is 12.6 Å². The fourth-order valence-electron chi connectivity index (χ4n) is 2.88. The molecule has 2 aromatic rings. The standard InChI is InChI=1S/C17H21ClN4O2/c18-15-5-2-1-4-14(15)16(21-8-10-24-11-9-21)12-19-17(23)13-22-7-3-6-20-22/h1-7,16H,8-13H2,(H,19,23)/t16-/m0/s1. The Morgan fingerprint density at radius 2 is 2.08 bits per heavy atom. The van der Waals surface area contributed by atoms with Gasteiger partial charge >= 0.3 is 0 Å². The van der Waals surface area contributed by atoms with Crippen LogP contribution in [0.5, 0.6) is 0 Å². The summed E-state index contributed by atoms with van der Waals surface area (Å²) in [4.78, 5) is 14.5. The van der Waals surface area contributed by atoms with Gasteiger partial charge in [-0.05, 0) is 17.7 Å². The second kappa shape index (κ2) is 8.28. The maximum Gasteiger partial charge on any atom is 0.241 e. The summed E-state index contributed by atoms with van der Waals surface area (Å²) in [5.74, 6) is -0.0657. The molecule has 1 amide bonds. The van der Waals surface area contributed by atoms with Crippen molar-refractivity contribution in [1.82, 2.24) is 20.0 Å². The lowest BCUT2D eigenvalue weighted by atomic mass is 10.0. The Labute approximate surface area is 146 Å². The highest BCUT2D eigenvalue weighted by atomic mass is 35.5. The van der Waals surface area contributed by atoms with E-state index in [9.17, 15) is 4.79 Å². The summed E-state index contributed by atoms with van der Waals surface area (Å²) < 4.78 is 7.04. The van der Waals surface area contributed by atoms with Gasteiger partial charge in [0.1, 0.15) is 6.54 Å². The Kier molecular flexibility index (Phi) is 5.85. The number of morpholine rings is 1. The van der Waals surface area contributed by atoms with Crippen LogP contribution >= 0.6 is 11.6 Å². The van der Waals surface area contributed by atoms with E-state index >= 15 is 0 Å². The normalized spacial score (nSPS) is 16.7. The molecule has 0 unspecified atom stereocenters. The molecule has 7 heteroatoms. The third-order valence-electron chi connectivity index (χ3n) is 4.11. The molecule has 1 fully saturated rings. The van der Waals surface area contributed by atoms with Crippen molar-refractivity contribution in [3.63, 3.8) is 0 Å². The first-order chi connectivity index (χ1) is 11.7. The van der Waals surface area contributed by atoms with Crippen LogP contribution in [0.1, 0.15) is 11.6 Å². The highest BCUT2D eigenvalue weighted by Crippen LogP contribution is 2.27. The maximum atomic E-state index is 12.2. The summed E-state index contributed by atoms with van der Waals surface area (Å²) in [6.07, 6.45) is 3.43. The van der Waals surface area contributed by atoms with Gasteiger partial charge in [0.2, 0.25) is 5.91 Å². The number of hydrogen-bond acceptors (Lipinski definition) is 4. The smallest absolute Gasteiger partial charge is 0.241 e. The van der Waals surface area contributed by atoms with Crippen molar-refractivity contribution in [3.05, 3.63) is 53.3 Å². The number of rotatable bonds is 6. The van der Waals surface area contributed by atoms with Crippen LogP contribution in [0.3, 0.4) is 0 Å². The monoisotopic (exact) mass is 348 g/mol. The number of benzene rings is 1. The van der Waals surface area contributed by atoms with Gasteiger partial charge in [-0.15, -0.1) is 0 Å². The van der Waals surface area contributed by atoms with E-state index in [1.54, 1.807) is 23.1 Å². The van der Waals surface area contributed by atoms with Crippen molar-refractivity contribution >= 4 is 17.5 Å². The van der Waals surface area contributed by atoms with Crippen LogP contribution in [0.4, 0.5) is 0 Å². The fraction of sp³-hybridized carbons (Fsp3) is 0.412. The average molecular weight is 349 g/mol. The van der Waals surface area contributed by atoms with Crippen molar-refractivity contribution in [2.24, 2.45) is 0 Å². The van der Waals surface area contributed by atoms with Crippen molar-refractivity contribution in [2.75, 3.05) is 32.8 Å². The molecular weight excluding hydrogens is 328 g/mol. The van der Waals surface area contributed by atoms with E-state index in [0.29, 0.717) is 19.8 Å². The third-order valence-corrected chi connectivity index (χ3v) is 4.45. The van der Waals surface area contributed by atoms with Gasteiger partial charge in [-0.1, -0.05) is 29.8 Å². The summed E-state index contributed by atoms with van der Waals surface area (Å²) in [6.45, 7) is 3.76. The molecule has 1 aromatic heterocycles. The van der Waals surface area contributed by atoms with Crippen LogP contribution in [0, 0.1) is 0 Å². The van der Waals surface area contributed by atoms with Gasteiger partial charge in [-0.2, -0.15) is 5.10 Å². The number of halogens is 1. The summed E-state index contributed by atoms with van der Waals surface area (Å²) in [5.41, 5.74) is 1.03. The lowest BCUT2D eigenvalue weighted by molar-refractivity contribution is -0.122. The Morgan fingerprint density at radius 1 is 1.29 bits per heavy atom.